The lowest BCUT2D eigenvalue weighted by atomic mass is 10.6. The van der Waals surface area contributed by atoms with E-state index in [1.54, 1.807) is 10.9 Å². The maximum Gasteiger partial charge on any atom is 0.157 e. The molecule has 0 spiro atoms. The maximum absolute atomic E-state index is 5.41. The van der Waals surface area contributed by atoms with Crippen LogP contribution < -0.4 is 4.74 Å². The van der Waals surface area contributed by atoms with Crippen LogP contribution in [-0.2, 0) is 7.05 Å². The van der Waals surface area contributed by atoms with Gasteiger partial charge in [-0.15, -0.1) is 0 Å². The van der Waals surface area contributed by atoms with Crippen LogP contribution in [0.25, 0.3) is 0 Å². The van der Waals surface area contributed by atoms with Gasteiger partial charge in [0.05, 0.1) is 12.4 Å². The van der Waals surface area contributed by atoms with Crippen molar-refractivity contribution in [1.82, 2.24) is 14.7 Å². The molecule has 0 saturated carbocycles. The number of aromatic nitrogens is 2. The van der Waals surface area contributed by atoms with Gasteiger partial charge in [-0.2, -0.15) is 5.10 Å². The van der Waals surface area contributed by atoms with E-state index in [9.17, 15) is 0 Å². The first-order chi connectivity index (χ1) is 5.68. The first kappa shape index (κ1) is 9.06. The molecular formula is C8H15N3O. The summed E-state index contributed by atoms with van der Waals surface area (Å²) in [6.45, 7) is 1.63. The number of rotatable bonds is 4. The summed E-state index contributed by atoms with van der Waals surface area (Å²) >= 11 is 0. The molecule has 0 saturated heterocycles. The first-order valence-electron chi connectivity index (χ1n) is 3.94. The van der Waals surface area contributed by atoms with Crippen LogP contribution in [0.3, 0.4) is 0 Å². The van der Waals surface area contributed by atoms with E-state index in [1.807, 2.05) is 27.3 Å². The van der Waals surface area contributed by atoms with Crippen LogP contribution in [0, 0.1) is 0 Å². The van der Waals surface area contributed by atoms with Crippen molar-refractivity contribution in [2.45, 2.75) is 0 Å². The second-order valence-corrected chi connectivity index (χ2v) is 3.00. The van der Waals surface area contributed by atoms with Gasteiger partial charge >= 0.3 is 0 Å². The highest BCUT2D eigenvalue weighted by molar-refractivity contribution is 5.11. The van der Waals surface area contributed by atoms with Crippen molar-refractivity contribution in [2.75, 3.05) is 27.2 Å². The van der Waals surface area contributed by atoms with Crippen molar-refractivity contribution >= 4 is 0 Å². The average molecular weight is 169 g/mol. The summed E-state index contributed by atoms with van der Waals surface area (Å²) in [7, 11) is 5.91. The quantitative estimate of drug-likeness (QED) is 0.652. The highest BCUT2D eigenvalue weighted by Crippen LogP contribution is 2.05. The topological polar surface area (TPSA) is 30.3 Å². The Balaban J connectivity index is 2.24. The summed E-state index contributed by atoms with van der Waals surface area (Å²) in [6, 6.07) is 0. The number of nitrogens with zero attached hydrogens (tertiary/aromatic N) is 3. The summed E-state index contributed by atoms with van der Waals surface area (Å²) in [6.07, 6.45) is 3.57. The Labute approximate surface area is 72.7 Å². The molecule has 1 rings (SSSR count). The molecule has 0 N–H and O–H groups in total. The molecule has 12 heavy (non-hydrogen) atoms. The Hall–Kier alpha value is -1.03. The molecule has 0 unspecified atom stereocenters. The van der Waals surface area contributed by atoms with Crippen molar-refractivity contribution in [3.63, 3.8) is 0 Å². The number of hydrogen-bond donors (Lipinski definition) is 0. The minimum Gasteiger partial charge on any atom is -0.489 e. The maximum atomic E-state index is 5.41. The third-order valence-electron chi connectivity index (χ3n) is 1.49. The van der Waals surface area contributed by atoms with Gasteiger partial charge in [0, 0.05) is 13.6 Å². The SMILES string of the molecule is CN(C)CCOc1cnn(C)c1. The lowest BCUT2D eigenvalue weighted by Gasteiger charge is -2.08. The number of hydrogen-bond acceptors (Lipinski definition) is 3. The van der Waals surface area contributed by atoms with Crippen LogP contribution >= 0.6 is 0 Å². The molecule has 0 bridgehead atoms. The summed E-state index contributed by atoms with van der Waals surface area (Å²) in [5, 5.41) is 3.99. The second-order valence-electron chi connectivity index (χ2n) is 3.00. The number of aryl methyl sites for hydroxylation is 1. The fourth-order valence-electron chi connectivity index (χ4n) is 0.819. The van der Waals surface area contributed by atoms with E-state index < -0.39 is 0 Å². The lowest BCUT2D eigenvalue weighted by molar-refractivity contribution is 0.261. The molecule has 1 aromatic rings. The molecule has 0 aliphatic carbocycles. The van der Waals surface area contributed by atoms with Crippen molar-refractivity contribution in [3.05, 3.63) is 12.4 Å². The number of likely N-dealkylation sites (N-methyl/N-ethyl adjacent to an activating group) is 1. The van der Waals surface area contributed by atoms with E-state index in [-0.39, 0.29) is 0 Å². The third kappa shape index (κ3) is 2.92. The molecule has 0 amide bonds. The van der Waals surface area contributed by atoms with Gasteiger partial charge in [-0.25, -0.2) is 0 Å². The Bertz CT molecular complexity index is 232. The average Bonchev–Trinajstić information content (AvgIpc) is 2.35. The second kappa shape index (κ2) is 4.11. The van der Waals surface area contributed by atoms with Crippen LogP contribution in [0.1, 0.15) is 0 Å². The van der Waals surface area contributed by atoms with Gasteiger partial charge in [0.15, 0.2) is 5.75 Å². The van der Waals surface area contributed by atoms with E-state index in [4.69, 9.17) is 4.74 Å². The molecular weight excluding hydrogens is 154 g/mol. The molecule has 4 heteroatoms. The predicted molar refractivity (Wildman–Crippen MR) is 47.3 cm³/mol. The molecule has 0 aromatic carbocycles. The van der Waals surface area contributed by atoms with E-state index in [1.165, 1.54) is 0 Å². The van der Waals surface area contributed by atoms with E-state index in [0.29, 0.717) is 6.61 Å². The normalized spacial score (nSPS) is 10.7. The Kier molecular flexibility index (Phi) is 3.10. The standard InChI is InChI=1S/C8H15N3O/c1-10(2)4-5-12-8-6-9-11(3)7-8/h6-7H,4-5H2,1-3H3. The van der Waals surface area contributed by atoms with Gasteiger partial charge in [-0.1, -0.05) is 0 Å². The van der Waals surface area contributed by atoms with Crippen molar-refractivity contribution in [2.24, 2.45) is 7.05 Å². The van der Waals surface area contributed by atoms with Crippen molar-refractivity contribution < 1.29 is 4.74 Å². The van der Waals surface area contributed by atoms with Gasteiger partial charge in [0.25, 0.3) is 0 Å². The first-order valence-corrected chi connectivity index (χ1v) is 3.94. The van der Waals surface area contributed by atoms with Crippen molar-refractivity contribution in [1.29, 1.82) is 0 Å². The predicted octanol–water partition coefficient (Wildman–Crippen LogP) is 0.360. The van der Waals surface area contributed by atoms with Gasteiger partial charge in [-0.05, 0) is 14.1 Å². The third-order valence-corrected chi connectivity index (χ3v) is 1.49. The molecule has 1 aromatic heterocycles. The monoisotopic (exact) mass is 169 g/mol. The van der Waals surface area contributed by atoms with Crippen molar-refractivity contribution in [3.8, 4) is 5.75 Å². The van der Waals surface area contributed by atoms with Crippen LogP contribution in [0.2, 0.25) is 0 Å². The summed E-state index contributed by atoms with van der Waals surface area (Å²) in [4.78, 5) is 2.08. The van der Waals surface area contributed by atoms with Crippen LogP contribution in [-0.4, -0.2) is 41.9 Å². The largest absolute Gasteiger partial charge is 0.489 e. The minimum atomic E-state index is 0.707. The van der Waals surface area contributed by atoms with Crippen LogP contribution in [0.4, 0.5) is 0 Å². The molecule has 68 valence electrons. The van der Waals surface area contributed by atoms with Crippen LogP contribution in [0.5, 0.6) is 5.75 Å². The van der Waals surface area contributed by atoms with Crippen LogP contribution in [0.15, 0.2) is 12.4 Å². The highest BCUT2D eigenvalue weighted by atomic mass is 16.5. The molecule has 0 fully saturated rings. The fraction of sp³-hybridized carbons (Fsp3) is 0.625. The summed E-state index contributed by atoms with van der Waals surface area (Å²) < 4.78 is 7.14. The summed E-state index contributed by atoms with van der Waals surface area (Å²) in [5.74, 6) is 0.833. The molecule has 0 aliphatic rings. The number of ether oxygens (including phenoxy) is 1. The lowest BCUT2D eigenvalue weighted by Crippen LogP contribution is -2.19. The molecule has 0 atom stereocenters. The Morgan fingerprint density at radius 2 is 2.33 bits per heavy atom. The minimum absolute atomic E-state index is 0.707. The zero-order chi connectivity index (χ0) is 8.97. The van der Waals surface area contributed by atoms with Gasteiger partial charge in [0.2, 0.25) is 0 Å². The Morgan fingerprint density at radius 1 is 1.58 bits per heavy atom. The van der Waals surface area contributed by atoms with Gasteiger partial charge < -0.3 is 9.64 Å². The smallest absolute Gasteiger partial charge is 0.157 e. The molecule has 0 radical (unpaired) electrons. The van der Waals surface area contributed by atoms with Gasteiger partial charge in [0.1, 0.15) is 6.61 Å². The molecule has 4 nitrogen and oxygen atoms in total. The van der Waals surface area contributed by atoms with Gasteiger partial charge in [-0.3, -0.25) is 4.68 Å². The Morgan fingerprint density at radius 3 is 2.83 bits per heavy atom. The van der Waals surface area contributed by atoms with E-state index >= 15 is 0 Å². The molecule has 0 aliphatic heterocycles. The van der Waals surface area contributed by atoms with E-state index in [2.05, 4.69) is 10.00 Å². The fourth-order valence-corrected chi connectivity index (χ4v) is 0.819. The summed E-state index contributed by atoms with van der Waals surface area (Å²) in [5.41, 5.74) is 0. The zero-order valence-corrected chi connectivity index (χ0v) is 7.82. The zero-order valence-electron chi connectivity index (χ0n) is 7.82. The van der Waals surface area contributed by atoms with E-state index in [0.717, 1.165) is 12.3 Å². The highest BCUT2D eigenvalue weighted by Gasteiger charge is 1.96. The molecule has 1 heterocycles.